The molecule has 1 aromatic heterocycles. The largest absolute Gasteiger partial charge is 0.375 e. The summed E-state index contributed by atoms with van der Waals surface area (Å²) in [4.78, 5) is 14.5. The topological polar surface area (TPSA) is 77.3 Å². The summed E-state index contributed by atoms with van der Waals surface area (Å²) in [5, 5.41) is 14.2. The van der Waals surface area contributed by atoms with Crippen LogP contribution in [0.5, 0.6) is 0 Å². The molecule has 6 nitrogen and oxygen atoms in total. The number of nitrogens with one attached hydrogen (secondary N) is 1. The van der Waals surface area contributed by atoms with Gasteiger partial charge in [0.25, 0.3) is 5.69 Å². The Kier molecular flexibility index (Phi) is 5.00. The van der Waals surface area contributed by atoms with Crippen molar-refractivity contribution in [2.45, 2.75) is 51.2 Å². The lowest BCUT2D eigenvalue weighted by Gasteiger charge is -2.40. The molecule has 1 atom stereocenters. The summed E-state index contributed by atoms with van der Waals surface area (Å²) in [5.74, 6) is 0.446. The molecule has 0 spiro atoms. The van der Waals surface area contributed by atoms with Crippen molar-refractivity contribution in [3.63, 3.8) is 0 Å². The SMILES string of the molecule is CCC1(CC)CC(Nc2cc([N+](=O)[O-])cc(Cl)n2)CCO1. The van der Waals surface area contributed by atoms with Crippen molar-refractivity contribution in [1.82, 2.24) is 4.98 Å². The van der Waals surface area contributed by atoms with Gasteiger partial charge in [0.15, 0.2) is 0 Å². The molecule has 1 unspecified atom stereocenters. The van der Waals surface area contributed by atoms with Gasteiger partial charge in [0.1, 0.15) is 11.0 Å². The van der Waals surface area contributed by atoms with Crippen LogP contribution < -0.4 is 5.32 Å². The number of anilines is 1. The normalized spacial score (nSPS) is 21.0. The fourth-order valence-electron chi connectivity index (χ4n) is 2.77. The van der Waals surface area contributed by atoms with Crippen LogP contribution in [0.1, 0.15) is 39.5 Å². The molecule has 116 valence electrons. The molecule has 0 bridgehead atoms. The van der Waals surface area contributed by atoms with Gasteiger partial charge in [0, 0.05) is 12.6 Å². The van der Waals surface area contributed by atoms with Gasteiger partial charge in [-0.2, -0.15) is 0 Å². The number of ether oxygens (including phenoxy) is 1. The quantitative estimate of drug-likeness (QED) is 0.508. The van der Waals surface area contributed by atoms with E-state index in [9.17, 15) is 10.1 Å². The average molecular weight is 314 g/mol. The van der Waals surface area contributed by atoms with Crippen LogP contribution in [0.25, 0.3) is 0 Å². The first kappa shape index (κ1) is 16.0. The van der Waals surface area contributed by atoms with E-state index in [1.165, 1.54) is 12.1 Å². The molecular formula is C14H20ClN3O3. The molecule has 7 heteroatoms. The van der Waals surface area contributed by atoms with E-state index >= 15 is 0 Å². The second-order valence-corrected chi connectivity index (χ2v) is 5.75. The van der Waals surface area contributed by atoms with Crippen LogP contribution in [0.4, 0.5) is 11.5 Å². The molecule has 2 heterocycles. The zero-order chi connectivity index (χ0) is 15.5. The minimum Gasteiger partial charge on any atom is -0.375 e. The zero-order valence-electron chi connectivity index (χ0n) is 12.3. The van der Waals surface area contributed by atoms with E-state index < -0.39 is 4.92 Å². The van der Waals surface area contributed by atoms with E-state index in [2.05, 4.69) is 24.1 Å². The van der Waals surface area contributed by atoms with Crippen molar-refractivity contribution >= 4 is 23.1 Å². The van der Waals surface area contributed by atoms with Gasteiger partial charge in [-0.15, -0.1) is 0 Å². The summed E-state index contributed by atoms with van der Waals surface area (Å²) in [7, 11) is 0. The number of halogens is 1. The number of pyridine rings is 1. The Morgan fingerprint density at radius 1 is 1.52 bits per heavy atom. The number of hydrogen-bond acceptors (Lipinski definition) is 5. The van der Waals surface area contributed by atoms with E-state index in [1.807, 2.05) is 0 Å². The van der Waals surface area contributed by atoms with Gasteiger partial charge in [-0.3, -0.25) is 10.1 Å². The predicted octanol–water partition coefficient (Wildman–Crippen LogP) is 3.79. The predicted molar refractivity (Wildman–Crippen MR) is 81.8 cm³/mol. The lowest BCUT2D eigenvalue weighted by molar-refractivity contribution is -0.384. The highest BCUT2D eigenvalue weighted by Gasteiger charge is 2.34. The molecule has 0 radical (unpaired) electrons. The smallest absolute Gasteiger partial charge is 0.276 e. The maximum absolute atomic E-state index is 10.9. The Balaban J connectivity index is 2.12. The molecular weight excluding hydrogens is 294 g/mol. The van der Waals surface area contributed by atoms with Gasteiger partial charge >= 0.3 is 0 Å². The van der Waals surface area contributed by atoms with Crippen LogP contribution in [-0.4, -0.2) is 28.2 Å². The third-order valence-electron chi connectivity index (χ3n) is 4.12. The molecule has 1 saturated heterocycles. The van der Waals surface area contributed by atoms with E-state index in [-0.39, 0.29) is 22.5 Å². The molecule has 1 aliphatic rings. The van der Waals surface area contributed by atoms with Crippen LogP contribution in [0.3, 0.4) is 0 Å². The monoisotopic (exact) mass is 313 g/mol. The first-order valence-electron chi connectivity index (χ1n) is 7.20. The maximum Gasteiger partial charge on any atom is 0.276 e. The maximum atomic E-state index is 10.9. The molecule has 1 N–H and O–H groups in total. The van der Waals surface area contributed by atoms with Crippen molar-refractivity contribution < 1.29 is 9.66 Å². The molecule has 1 aromatic rings. The average Bonchev–Trinajstić information content (AvgIpc) is 2.46. The van der Waals surface area contributed by atoms with Gasteiger partial charge in [-0.1, -0.05) is 25.4 Å². The lowest BCUT2D eigenvalue weighted by atomic mass is 9.86. The van der Waals surface area contributed by atoms with Crippen molar-refractivity contribution in [1.29, 1.82) is 0 Å². The van der Waals surface area contributed by atoms with Crippen LogP contribution in [0, 0.1) is 10.1 Å². The molecule has 2 rings (SSSR count). The Bertz CT molecular complexity index is 520. The first-order valence-corrected chi connectivity index (χ1v) is 7.58. The number of nitro groups is 1. The minimum absolute atomic E-state index is 0.0539. The second kappa shape index (κ2) is 6.58. The highest BCUT2D eigenvalue weighted by atomic mass is 35.5. The van der Waals surface area contributed by atoms with Crippen molar-refractivity contribution in [2.75, 3.05) is 11.9 Å². The second-order valence-electron chi connectivity index (χ2n) is 5.36. The molecule has 1 fully saturated rings. The first-order chi connectivity index (χ1) is 9.98. The van der Waals surface area contributed by atoms with Gasteiger partial charge in [-0.25, -0.2) is 4.98 Å². The molecule has 0 aliphatic carbocycles. The molecule has 0 amide bonds. The lowest BCUT2D eigenvalue weighted by Crippen LogP contribution is -2.43. The third-order valence-corrected chi connectivity index (χ3v) is 4.32. The van der Waals surface area contributed by atoms with Crippen LogP contribution >= 0.6 is 11.6 Å². The minimum atomic E-state index is -0.467. The molecule has 0 saturated carbocycles. The summed E-state index contributed by atoms with van der Waals surface area (Å²) < 4.78 is 5.92. The molecule has 0 aromatic carbocycles. The van der Waals surface area contributed by atoms with Crippen LogP contribution in [-0.2, 0) is 4.74 Å². The van der Waals surface area contributed by atoms with E-state index in [0.29, 0.717) is 12.4 Å². The Hall–Kier alpha value is -1.40. The molecule has 1 aliphatic heterocycles. The highest BCUT2D eigenvalue weighted by molar-refractivity contribution is 6.29. The summed E-state index contributed by atoms with van der Waals surface area (Å²) in [6, 6.07) is 2.85. The third kappa shape index (κ3) is 3.83. The van der Waals surface area contributed by atoms with E-state index in [1.54, 1.807) is 0 Å². The highest BCUT2D eigenvalue weighted by Crippen LogP contribution is 2.33. The summed E-state index contributed by atoms with van der Waals surface area (Å²) in [6.07, 6.45) is 3.61. The number of hydrogen-bond donors (Lipinski definition) is 1. The Morgan fingerprint density at radius 3 is 2.86 bits per heavy atom. The standard InChI is InChI=1S/C14H20ClN3O3/c1-3-14(4-2)9-10(5-6-21-14)16-13-8-11(18(19)20)7-12(15)17-13/h7-8,10H,3-6,9H2,1-2H3,(H,16,17). The Morgan fingerprint density at radius 2 is 2.24 bits per heavy atom. The summed E-state index contributed by atoms with van der Waals surface area (Å²) in [5.41, 5.74) is -0.165. The molecule has 21 heavy (non-hydrogen) atoms. The fourth-order valence-corrected chi connectivity index (χ4v) is 2.97. The van der Waals surface area contributed by atoms with Crippen LogP contribution in [0.15, 0.2) is 12.1 Å². The van der Waals surface area contributed by atoms with Crippen molar-refractivity contribution in [3.8, 4) is 0 Å². The number of rotatable bonds is 5. The van der Waals surface area contributed by atoms with Gasteiger partial charge < -0.3 is 10.1 Å². The zero-order valence-corrected chi connectivity index (χ0v) is 13.0. The van der Waals surface area contributed by atoms with Gasteiger partial charge in [0.05, 0.1) is 22.7 Å². The van der Waals surface area contributed by atoms with E-state index in [4.69, 9.17) is 16.3 Å². The summed E-state index contributed by atoms with van der Waals surface area (Å²) in [6.45, 7) is 4.92. The number of aromatic nitrogens is 1. The van der Waals surface area contributed by atoms with Crippen LogP contribution in [0.2, 0.25) is 5.15 Å². The van der Waals surface area contributed by atoms with Gasteiger partial charge in [0.2, 0.25) is 0 Å². The van der Waals surface area contributed by atoms with E-state index in [0.717, 1.165) is 25.7 Å². The van der Waals surface area contributed by atoms with Gasteiger partial charge in [-0.05, 0) is 25.7 Å². The fraction of sp³-hybridized carbons (Fsp3) is 0.643. The van der Waals surface area contributed by atoms with Crippen molar-refractivity contribution in [2.24, 2.45) is 0 Å². The Labute approximate surface area is 129 Å². The van der Waals surface area contributed by atoms with Crippen molar-refractivity contribution in [3.05, 3.63) is 27.4 Å². The number of nitrogens with zero attached hydrogens (tertiary/aromatic N) is 2. The summed E-state index contributed by atoms with van der Waals surface area (Å²) >= 11 is 5.84.